The average Bonchev–Trinajstić information content (AvgIpc) is 2.41. The highest BCUT2D eigenvalue weighted by Crippen LogP contribution is 2.16. The second kappa shape index (κ2) is 6.20. The number of nitrogens with one attached hydrogen (secondary N) is 1. The van der Waals surface area contributed by atoms with Crippen molar-refractivity contribution >= 4 is 5.91 Å². The second-order valence-corrected chi connectivity index (χ2v) is 5.80. The lowest BCUT2D eigenvalue weighted by atomic mass is 9.99. The van der Waals surface area contributed by atoms with Gasteiger partial charge < -0.3 is 10.2 Å². The number of piperazine rings is 1. The van der Waals surface area contributed by atoms with Crippen molar-refractivity contribution in [1.82, 2.24) is 10.2 Å². The van der Waals surface area contributed by atoms with E-state index in [0.717, 1.165) is 19.5 Å². The van der Waals surface area contributed by atoms with E-state index in [9.17, 15) is 4.79 Å². The molecule has 3 nitrogen and oxygen atoms in total. The minimum absolute atomic E-state index is 0.0728. The molecule has 1 aliphatic heterocycles. The number of nitrogens with zero attached hydrogens (tertiary/aromatic N) is 1. The highest BCUT2D eigenvalue weighted by atomic mass is 16.2. The van der Waals surface area contributed by atoms with Crippen LogP contribution in [0.25, 0.3) is 0 Å². The summed E-state index contributed by atoms with van der Waals surface area (Å²) in [6, 6.07) is 11.1. The minimum Gasteiger partial charge on any atom is -0.336 e. The van der Waals surface area contributed by atoms with Gasteiger partial charge in [0.05, 0.1) is 0 Å². The Hall–Kier alpha value is -1.35. The molecular weight excluding hydrogens is 236 g/mol. The Morgan fingerprint density at radius 3 is 2.68 bits per heavy atom. The zero-order valence-corrected chi connectivity index (χ0v) is 12.1. The van der Waals surface area contributed by atoms with E-state index in [2.05, 4.69) is 41.4 Å². The maximum atomic E-state index is 12.3. The van der Waals surface area contributed by atoms with Crippen molar-refractivity contribution in [3.05, 3.63) is 35.9 Å². The molecule has 2 rings (SSSR count). The number of amides is 1. The summed E-state index contributed by atoms with van der Waals surface area (Å²) in [5.41, 5.74) is 1.30. The first kappa shape index (κ1) is 14.1. The number of hydrogen-bond acceptors (Lipinski definition) is 2. The van der Waals surface area contributed by atoms with Gasteiger partial charge in [-0.1, -0.05) is 44.2 Å². The van der Waals surface area contributed by atoms with Gasteiger partial charge in [-0.15, -0.1) is 0 Å². The lowest BCUT2D eigenvalue weighted by molar-refractivity contribution is -0.138. The average molecular weight is 260 g/mol. The van der Waals surface area contributed by atoms with Gasteiger partial charge in [0.1, 0.15) is 0 Å². The summed E-state index contributed by atoms with van der Waals surface area (Å²) in [5, 5.41) is 3.48. The first-order valence-corrected chi connectivity index (χ1v) is 7.15. The van der Waals surface area contributed by atoms with Crippen LogP contribution in [0.1, 0.15) is 26.3 Å². The predicted molar refractivity (Wildman–Crippen MR) is 77.9 cm³/mol. The van der Waals surface area contributed by atoms with Crippen LogP contribution < -0.4 is 5.32 Å². The van der Waals surface area contributed by atoms with Crippen LogP contribution in [-0.4, -0.2) is 36.0 Å². The summed E-state index contributed by atoms with van der Waals surface area (Å²) in [6.07, 6.45) is 0.930. The van der Waals surface area contributed by atoms with Crippen molar-refractivity contribution in [3.63, 3.8) is 0 Å². The van der Waals surface area contributed by atoms with Crippen molar-refractivity contribution in [2.75, 3.05) is 13.1 Å². The number of carbonyl (C=O) groups excluding carboxylic acids is 1. The fourth-order valence-corrected chi connectivity index (χ4v) is 2.63. The van der Waals surface area contributed by atoms with Crippen LogP contribution in [0.4, 0.5) is 0 Å². The highest BCUT2D eigenvalue weighted by molar-refractivity contribution is 5.78. The molecule has 3 heteroatoms. The summed E-state index contributed by atoms with van der Waals surface area (Å²) in [6.45, 7) is 7.80. The van der Waals surface area contributed by atoms with E-state index in [0.29, 0.717) is 6.04 Å². The fraction of sp³-hybridized carbons (Fsp3) is 0.562. The molecule has 2 atom stereocenters. The van der Waals surface area contributed by atoms with Gasteiger partial charge in [-0.3, -0.25) is 4.79 Å². The molecule has 0 spiro atoms. The van der Waals surface area contributed by atoms with Crippen LogP contribution >= 0.6 is 0 Å². The predicted octanol–water partition coefficient (Wildman–Crippen LogP) is 2.07. The molecule has 1 N–H and O–H groups in total. The molecule has 0 saturated carbocycles. The summed E-state index contributed by atoms with van der Waals surface area (Å²) >= 11 is 0. The molecule has 1 fully saturated rings. The molecule has 19 heavy (non-hydrogen) atoms. The first-order chi connectivity index (χ1) is 9.08. The first-order valence-electron chi connectivity index (χ1n) is 7.15. The van der Waals surface area contributed by atoms with Crippen LogP contribution in [0, 0.1) is 5.92 Å². The topological polar surface area (TPSA) is 32.3 Å². The molecule has 1 aromatic carbocycles. The van der Waals surface area contributed by atoms with E-state index in [-0.39, 0.29) is 17.9 Å². The van der Waals surface area contributed by atoms with E-state index < -0.39 is 0 Å². The molecule has 0 aliphatic carbocycles. The molecule has 0 aromatic heterocycles. The van der Waals surface area contributed by atoms with Crippen LogP contribution in [-0.2, 0) is 11.2 Å². The molecule has 1 aliphatic rings. The largest absolute Gasteiger partial charge is 0.336 e. The lowest BCUT2D eigenvalue weighted by Crippen LogP contribution is -2.58. The Kier molecular flexibility index (Phi) is 4.59. The van der Waals surface area contributed by atoms with Gasteiger partial charge in [0, 0.05) is 31.1 Å². The number of benzene rings is 1. The number of hydrogen-bond donors (Lipinski definition) is 1. The molecule has 1 saturated heterocycles. The Morgan fingerprint density at radius 1 is 1.37 bits per heavy atom. The van der Waals surface area contributed by atoms with Crippen molar-refractivity contribution in [3.8, 4) is 0 Å². The summed E-state index contributed by atoms with van der Waals surface area (Å²) < 4.78 is 0. The van der Waals surface area contributed by atoms with Gasteiger partial charge in [-0.05, 0) is 18.9 Å². The quantitative estimate of drug-likeness (QED) is 0.902. The Bertz CT molecular complexity index is 416. The third kappa shape index (κ3) is 3.57. The van der Waals surface area contributed by atoms with Crippen molar-refractivity contribution < 1.29 is 4.79 Å². The Morgan fingerprint density at radius 2 is 2.05 bits per heavy atom. The molecule has 2 unspecified atom stereocenters. The molecular formula is C16H24N2O. The molecule has 1 aromatic rings. The third-order valence-corrected chi connectivity index (χ3v) is 3.70. The van der Waals surface area contributed by atoms with Crippen LogP contribution in [0.15, 0.2) is 30.3 Å². The normalized spacial score (nSPS) is 23.7. The lowest BCUT2D eigenvalue weighted by Gasteiger charge is -2.40. The van der Waals surface area contributed by atoms with E-state index in [1.54, 1.807) is 0 Å². The minimum atomic E-state index is 0.0728. The van der Waals surface area contributed by atoms with Crippen LogP contribution in [0.2, 0.25) is 0 Å². The third-order valence-electron chi connectivity index (χ3n) is 3.70. The van der Waals surface area contributed by atoms with Gasteiger partial charge in [0.25, 0.3) is 0 Å². The maximum Gasteiger partial charge on any atom is 0.225 e. The van der Waals surface area contributed by atoms with E-state index in [1.807, 2.05) is 19.9 Å². The highest BCUT2D eigenvalue weighted by Gasteiger charge is 2.30. The standard InChI is InChI=1S/C16H24N2O/c1-12(2)16(19)18-11-13(3)17-10-15(18)9-14-7-5-4-6-8-14/h4-8,12-13,15,17H,9-11H2,1-3H3. The summed E-state index contributed by atoms with van der Waals surface area (Å²) in [4.78, 5) is 14.4. The van der Waals surface area contributed by atoms with Gasteiger partial charge in [-0.25, -0.2) is 0 Å². The van der Waals surface area contributed by atoms with Gasteiger partial charge >= 0.3 is 0 Å². The zero-order chi connectivity index (χ0) is 13.8. The van der Waals surface area contributed by atoms with Gasteiger partial charge in [-0.2, -0.15) is 0 Å². The second-order valence-electron chi connectivity index (χ2n) is 5.80. The van der Waals surface area contributed by atoms with Crippen molar-refractivity contribution in [2.45, 2.75) is 39.3 Å². The fourth-order valence-electron chi connectivity index (χ4n) is 2.63. The Balaban J connectivity index is 2.10. The monoisotopic (exact) mass is 260 g/mol. The van der Waals surface area contributed by atoms with Crippen LogP contribution in [0.3, 0.4) is 0 Å². The molecule has 0 bridgehead atoms. The molecule has 0 radical (unpaired) electrons. The molecule has 1 amide bonds. The van der Waals surface area contributed by atoms with E-state index in [1.165, 1.54) is 5.56 Å². The zero-order valence-electron chi connectivity index (χ0n) is 12.1. The summed E-state index contributed by atoms with van der Waals surface area (Å²) in [7, 11) is 0. The van der Waals surface area contributed by atoms with Crippen molar-refractivity contribution in [1.29, 1.82) is 0 Å². The van der Waals surface area contributed by atoms with Crippen LogP contribution in [0.5, 0.6) is 0 Å². The van der Waals surface area contributed by atoms with Gasteiger partial charge in [0.15, 0.2) is 0 Å². The van der Waals surface area contributed by atoms with E-state index >= 15 is 0 Å². The number of rotatable bonds is 3. The van der Waals surface area contributed by atoms with E-state index in [4.69, 9.17) is 0 Å². The van der Waals surface area contributed by atoms with Crippen molar-refractivity contribution in [2.24, 2.45) is 5.92 Å². The SMILES string of the molecule is CC1CN(C(=O)C(C)C)C(Cc2ccccc2)CN1. The summed E-state index contributed by atoms with van der Waals surface area (Å²) in [5.74, 6) is 0.345. The smallest absolute Gasteiger partial charge is 0.225 e. The molecule has 1 heterocycles. The molecule has 104 valence electrons. The Labute approximate surface area is 116 Å². The maximum absolute atomic E-state index is 12.3. The number of carbonyl (C=O) groups is 1. The van der Waals surface area contributed by atoms with Gasteiger partial charge in [0.2, 0.25) is 5.91 Å².